The number of aryl methyl sites for hydroxylation is 1. The number of sulfone groups is 1. The van der Waals surface area contributed by atoms with Gasteiger partial charge in [-0.3, -0.25) is 4.79 Å². The van der Waals surface area contributed by atoms with Crippen LogP contribution in [0.5, 0.6) is 0 Å². The third kappa shape index (κ3) is 4.65. The summed E-state index contributed by atoms with van der Waals surface area (Å²) >= 11 is 3.65. The molecule has 0 saturated carbocycles. The van der Waals surface area contributed by atoms with Crippen LogP contribution in [-0.4, -0.2) is 25.1 Å². The fraction of sp³-hybridized carbons (Fsp3) is 0.115. The second-order valence-electron chi connectivity index (χ2n) is 7.87. The topological polar surface area (TPSA) is 68.2 Å². The maximum absolute atomic E-state index is 13.1. The van der Waals surface area contributed by atoms with Crippen LogP contribution in [0.4, 0.5) is 5.69 Å². The summed E-state index contributed by atoms with van der Waals surface area (Å²) in [6.07, 6.45) is 1.15. The highest BCUT2D eigenvalue weighted by Gasteiger charge is 2.19. The molecule has 4 aromatic rings. The van der Waals surface area contributed by atoms with Gasteiger partial charge in [0.15, 0.2) is 9.84 Å². The summed E-state index contributed by atoms with van der Waals surface area (Å²) in [4.78, 5) is 13.3. The van der Waals surface area contributed by atoms with E-state index in [1.807, 2.05) is 56.3 Å². The van der Waals surface area contributed by atoms with Gasteiger partial charge in [0.2, 0.25) is 0 Å². The number of para-hydroxylation sites is 1. The maximum atomic E-state index is 13.1. The zero-order chi connectivity index (χ0) is 23.8. The number of nitrogens with one attached hydrogen (secondary N) is 1. The number of nitrogens with zero attached hydrogens (tertiary/aromatic N) is 1. The first-order chi connectivity index (χ1) is 15.7. The molecule has 0 fully saturated rings. The average molecular weight is 523 g/mol. The quantitative estimate of drug-likeness (QED) is 0.340. The second kappa shape index (κ2) is 9.00. The molecule has 5 nitrogen and oxygen atoms in total. The average Bonchev–Trinajstić information content (AvgIpc) is 3.08. The van der Waals surface area contributed by atoms with E-state index in [1.54, 1.807) is 12.1 Å². The monoisotopic (exact) mass is 522 g/mol. The maximum Gasteiger partial charge on any atom is 0.257 e. The third-order valence-electron chi connectivity index (χ3n) is 5.53. The third-order valence-corrected chi connectivity index (χ3v) is 7.35. The van der Waals surface area contributed by atoms with Crippen molar-refractivity contribution < 1.29 is 13.2 Å². The van der Waals surface area contributed by atoms with Gasteiger partial charge in [-0.25, -0.2) is 8.42 Å². The van der Waals surface area contributed by atoms with Crippen molar-refractivity contribution >= 4 is 37.4 Å². The molecule has 3 aromatic carbocycles. The summed E-state index contributed by atoms with van der Waals surface area (Å²) < 4.78 is 26.4. The predicted octanol–water partition coefficient (Wildman–Crippen LogP) is 6.18. The molecule has 168 valence electrons. The van der Waals surface area contributed by atoms with Gasteiger partial charge in [0.25, 0.3) is 5.91 Å². The fourth-order valence-electron chi connectivity index (χ4n) is 3.92. The predicted molar refractivity (Wildman–Crippen MR) is 136 cm³/mol. The summed E-state index contributed by atoms with van der Waals surface area (Å²) in [5.74, 6) is -0.250. The molecule has 0 aliphatic heterocycles. The molecule has 4 rings (SSSR count). The Balaban J connectivity index is 1.70. The van der Waals surface area contributed by atoms with E-state index in [0.717, 1.165) is 38.9 Å². The number of carbonyl (C=O) groups is 1. The highest BCUT2D eigenvalue weighted by Crippen LogP contribution is 2.34. The van der Waals surface area contributed by atoms with Crippen molar-refractivity contribution in [2.75, 3.05) is 11.6 Å². The Morgan fingerprint density at radius 1 is 0.879 bits per heavy atom. The molecule has 0 radical (unpaired) electrons. The van der Waals surface area contributed by atoms with Crippen LogP contribution in [0, 0.1) is 13.8 Å². The first kappa shape index (κ1) is 23.0. The smallest absolute Gasteiger partial charge is 0.257 e. The number of aromatic nitrogens is 1. The molecule has 0 atom stereocenters. The summed E-state index contributed by atoms with van der Waals surface area (Å²) in [5, 5.41) is 2.87. The number of hydrogen-bond acceptors (Lipinski definition) is 3. The molecule has 0 bridgehead atoms. The van der Waals surface area contributed by atoms with Crippen LogP contribution in [0.2, 0.25) is 0 Å². The minimum Gasteiger partial charge on any atom is -0.322 e. The van der Waals surface area contributed by atoms with E-state index in [2.05, 4.69) is 37.9 Å². The molecule has 0 unspecified atom stereocenters. The normalized spacial score (nSPS) is 11.4. The molecule has 33 heavy (non-hydrogen) atoms. The lowest BCUT2D eigenvalue weighted by Gasteiger charge is -2.16. The molecule has 0 aliphatic carbocycles. The Labute approximate surface area is 202 Å². The number of halogens is 1. The van der Waals surface area contributed by atoms with Gasteiger partial charge < -0.3 is 9.88 Å². The Bertz CT molecular complexity index is 1460. The van der Waals surface area contributed by atoms with Crippen molar-refractivity contribution in [3.63, 3.8) is 0 Å². The minimum absolute atomic E-state index is 0.211. The van der Waals surface area contributed by atoms with Gasteiger partial charge in [0.1, 0.15) is 0 Å². The Hall–Kier alpha value is -3.16. The van der Waals surface area contributed by atoms with Gasteiger partial charge in [-0.2, -0.15) is 0 Å². The SMILES string of the molecule is Cc1cc(C(=O)Nc2ccc(S(C)(=O)=O)cc2)c(C)n1-c1ccccc1-c1ccccc1Br. The zero-order valence-electron chi connectivity index (χ0n) is 18.5. The largest absolute Gasteiger partial charge is 0.322 e. The number of carbonyl (C=O) groups excluding carboxylic acids is 1. The van der Waals surface area contributed by atoms with E-state index in [1.165, 1.54) is 12.1 Å². The van der Waals surface area contributed by atoms with Crippen molar-refractivity contribution in [2.24, 2.45) is 0 Å². The molecule has 1 heterocycles. The van der Waals surface area contributed by atoms with Gasteiger partial charge in [-0.05, 0) is 61.9 Å². The molecule has 1 N–H and O–H groups in total. The van der Waals surface area contributed by atoms with E-state index in [-0.39, 0.29) is 10.8 Å². The zero-order valence-corrected chi connectivity index (χ0v) is 20.9. The highest BCUT2D eigenvalue weighted by atomic mass is 79.9. The van der Waals surface area contributed by atoms with Gasteiger partial charge in [0.05, 0.1) is 16.1 Å². The van der Waals surface area contributed by atoms with Crippen LogP contribution in [0.3, 0.4) is 0 Å². The molecular formula is C26H23BrN2O3S. The van der Waals surface area contributed by atoms with Crippen LogP contribution in [-0.2, 0) is 9.84 Å². The summed E-state index contributed by atoms with van der Waals surface area (Å²) in [6, 6.07) is 24.2. The number of hydrogen-bond donors (Lipinski definition) is 1. The molecule has 0 saturated heterocycles. The molecule has 1 amide bonds. The summed E-state index contributed by atoms with van der Waals surface area (Å²) in [6.45, 7) is 3.90. The van der Waals surface area contributed by atoms with Crippen LogP contribution >= 0.6 is 15.9 Å². The summed E-state index contributed by atoms with van der Waals surface area (Å²) in [5.41, 5.74) is 5.94. The number of rotatable bonds is 5. The fourth-order valence-corrected chi connectivity index (χ4v) is 5.05. The Kier molecular flexibility index (Phi) is 6.28. The first-order valence-corrected chi connectivity index (χ1v) is 13.0. The van der Waals surface area contributed by atoms with Gasteiger partial charge >= 0.3 is 0 Å². The molecular weight excluding hydrogens is 500 g/mol. The highest BCUT2D eigenvalue weighted by molar-refractivity contribution is 9.10. The van der Waals surface area contributed by atoms with Crippen LogP contribution < -0.4 is 5.32 Å². The lowest BCUT2D eigenvalue weighted by molar-refractivity contribution is 0.102. The first-order valence-electron chi connectivity index (χ1n) is 10.3. The van der Waals surface area contributed by atoms with Crippen molar-refractivity contribution in [2.45, 2.75) is 18.7 Å². The second-order valence-corrected chi connectivity index (χ2v) is 10.7. The van der Waals surface area contributed by atoms with Gasteiger partial charge in [-0.1, -0.05) is 52.3 Å². The van der Waals surface area contributed by atoms with Crippen molar-refractivity contribution in [1.29, 1.82) is 0 Å². The molecule has 7 heteroatoms. The van der Waals surface area contributed by atoms with Gasteiger partial charge in [0, 0.05) is 33.4 Å². The Morgan fingerprint density at radius 2 is 1.48 bits per heavy atom. The Morgan fingerprint density at radius 3 is 2.12 bits per heavy atom. The van der Waals surface area contributed by atoms with Crippen LogP contribution in [0.25, 0.3) is 16.8 Å². The van der Waals surface area contributed by atoms with Crippen molar-refractivity contribution in [3.8, 4) is 16.8 Å². The van der Waals surface area contributed by atoms with Crippen LogP contribution in [0.15, 0.2) is 88.2 Å². The molecule has 1 aromatic heterocycles. The van der Waals surface area contributed by atoms with Crippen molar-refractivity contribution in [3.05, 3.63) is 100 Å². The molecule has 0 aliphatic rings. The minimum atomic E-state index is -3.29. The molecule has 0 spiro atoms. The van der Waals surface area contributed by atoms with E-state index in [9.17, 15) is 13.2 Å². The van der Waals surface area contributed by atoms with Crippen molar-refractivity contribution in [1.82, 2.24) is 4.57 Å². The number of anilines is 1. The van der Waals surface area contributed by atoms with Crippen LogP contribution in [0.1, 0.15) is 21.7 Å². The standard InChI is InChI=1S/C26H23BrN2O3S/c1-17-16-23(26(30)28-19-12-14-20(15-13-19)33(3,31)32)18(2)29(17)25-11-7-5-9-22(25)21-8-4-6-10-24(21)27/h4-16H,1-3H3,(H,28,30). The van der Waals surface area contributed by atoms with E-state index in [0.29, 0.717) is 11.3 Å². The van der Waals surface area contributed by atoms with E-state index >= 15 is 0 Å². The lowest BCUT2D eigenvalue weighted by atomic mass is 10.0. The van der Waals surface area contributed by atoms with Gasteiger partial charge in [-0.15, -0.1) is 0 Å². The lowest BCUT2D eigenvalue weighted by Crippen LogP contribution is -2.13. The van der Waals surface area contributed by atoms with E-state index < -0.39 is 9.84 Å². The number of amides is 1. The number of benzene rings is 3. The van der Waals surface area contributed by atoms with E-state index in [4.69, 9.17) is 0 Å². The summed E-state index contributed by atoms with van der Waals surface area (Å²) in [7, 11) is -3.29.